The molecule has 0 saturated carbocycles. The maximum atomic E-state index is 14.2. The number of nitrogens with zero attached hydrogens (tertiary/aromatic N) is 3. The van der Waals surface area contributed by atoms with Crippen LogP contribution in [0.1, 0.15) is 22.9 Å². The van der Waals surface area contributed by atoms with Crippen LogP contribution in [0, 0.1) is 12.7 Å². The molecule has 1 aromatic carbocycles. The van der Waals surface area contributed by atoms with Gasteiger partial charge in [-0.25, -0.2) is 4.39 Å². The van der Waals surface area contributed by atoms with Gasteiger partial charge in [0.15, 0.2) is 0 Å². The first-order chi connectivity index (χ1) is 9.91. The van der Waals surface area contributed by atoms with Crippen LogP contribution in [0.2, 0.25) is 5.02 Å². The van der Waals surface area contributed by atoms with Crippen molar-refractivity contribution in [2.24, 2.45) is 0 Å². The zero-order valence-corrected chi connectivity index (χ0v) is 13.1. The van der Waals surface area contributed by atoms with Crippen molar-refractivity contribution in [3.05, 3.63) is 52.1 Å². The molecule has 4 nitrogen and oxygen atoms in total. The van der Waals surface area contributed by atoms with Gasteiger partial charge in [-0.05, 0) is 26.6 Å². The van der Waals surface area contributed by atoms with Gasteiger partial charge in [0, 0.05) is 12.1 Å². The lowest BCUT2D eigenvalue weighted by Gasteiger charge is -2.17. The molecule has 6 heteroatoms. The maximum Gasteiger partial charge on any atom is 0.132 e. The lowest BCUT2D eigenvalue weighted by molar-refractivity contribution is 0.200. The average Bonchev–Trinajstić information content (AvgIpc) is 2.80. The molecular weight excluding hydrogens is 293 g/mol. The Kier molecular flexibility index (Phi) is 4.98. The average molecular weight is 312 g/mol. The Labute approximate surface area is 128 Å². The van der Waals surface area contributed by atoms with Gasteiger partial charge in [-0.3, -0.25) is 4.68 Å². The Morgan fingerprint density at radius 2 is 2.14 bits per heavy atom. The molecule has 0 aliphatic carbocycles. The van der Waals surface area contributed by atoms with Gasteiger partial charge < -0.3 is 10.0 Å². The molecule has 0 saturated heterocycles. The number of aliphatic hydroxyl groups is 1. The van der Waals surface area contributed by atoms with E-state index in [1.807, 2.05) is 19.0 Å². The number of likely N-dealkylation sites (N-methyl/N-ethyl adjacent to an activating group) is 1. The van der Waals surface area contributed by atoms with Gasteiger partial charge in [-0.1, -0.05) is 29.8 Å². The molecule has 0 aliphatic heterocycles. The molecule has 21 heavy (non-hydrogen) atoms. The van der Waals surface area contributed by atoms with Gasteiger partial charge in [0.2, 0.25) is 0 Å². The molecule has 0 amide bonds. The number of hydrogen-bond donors (Lipinski definition) is 1. The summed E-state index contributed by atoms with van der Waals surface area (Å²) >= 11 is 6.12. The predicted molar refractivity (Wildman–Crippen MR) is 81.0 cm³/mol. The Balaban J connectivity index is 2.36. The summed E-state index contributed by atoms with van der Waals surface area (Å²) in [4.78, 5) is 2.00. The zero-order chi connectivity index (χ0) is 15.6. The standard InChI is InChI=1S/C15H19ClFN3O/c1-10-5-4-6-11(13(10)17)15(21)14-12(16)9-18-20(14)8-7-19(2)3/h4-6,9,15,21H,7-8H2,1-3H3. The fourth-order valence-corrected chi connectivity index (χ4v) is 2.39. The van der Waals surface area contributed by atoms with Gasteiger partial charge in [0.1, 0.15) is 11.9 Å². The van der Waals surface area contributed by atoms with Crippen LogP contribution in [0.25, 0.3) is 0 Å². The van der Waals surface area contributed by atoms with E-state index in [4.69, 9.17) is 11.6 Å². The van der Waals surface area contributed by atoms with Crippen LogP contribution in [0.4, 0.5) is 4.39 Å². The largest absolute Gasteiger partial charge is 0.382 e. The van der Waals surface area contributed by atoms with Crippen LogP contribution in [-0.4, -0.2) is 40.4 Å². The topological polar surface area (TPSA) is 41.3 Å². The summed E-state index contributed by atoms with van der Waals surface area (Å²) in [5.74, 6) is -0.415. The van der Waals surface area contributed by atoms with Crippen LogP contribution in [0.15, 0.2) is 24.4 Å². The first kappa shape index (κ1) is 15.9. The van der Waals surface area contributed by atoms with Gasteiger partial charge in [-0.15, -0.1) is 0 Å². The molecule has 1 aromatic heterocycles. The molecule has 2 aromatic rings. The van der Waals surface area contributed by atoms with Crippen molar-refractivity contribution in [2.75, 3.05) is 20.6 Å². The van der Waals surface area contributed by atoms with Crippen molar-refractivity contribution in [3.8, 4) is 0 Å². The Hall–Kier alpha value is -1.43. The van der Waals surface area contributed by atoms with E-state index in [9.17, 15) is 9.50 Å². The maximum absolute atomic E-state index is 14.2. The van der Waals surface area contributed by atoms with Crippen molar-refractivity contribution in [1.82, 2.24) is 14.7 Å². The molecule has 0 spiro atoms. The molecule has 2 rings (SSSR count). The van der Waals surface area contributed by atoms with E-state index in [0.717, 1.165) is 6.54 Å². The first-order valence-corrected chi connectivity index (χ1v) is 7.08. The third-order valence-corrected chi connectivity index (χ3v) is 3.66. The Bertz CT molecular complexity index is 627. The van der Waals surface area contributed by atoms with E-state index in [1.165, 1.54) is 6.20 Å². The van der Waals surface area contributed by atoms with Crippen molar-refractivity contribution >= 4 is 11.6 Å². The molecule has 114 valence electrons. The summed E-state index contributed by atoms with van der Waals surface area (Å²) in [6.07, 6.45) is 0.339. The second kappa shape index (κ2) is 6.56. The second-order valence-corrected chi connectivity index (χ2v) is 5.69. The van der Waals surface area contributed by atoms with Crippen LogP contribution < -0.4 is 0 Å². The summed E-state index contributed by atoms with van der Waals surface area (Å²) in [5, 5.41) is 15.0. The molecule has 0 radical (unpaired) electrons. The first-order valence-electron chi connectivity index (χ1n) is 6.70. The summed E-state index contributed by atoms with van der Waals surface area (Å²) in [5.41, 5.74) is 1.12. The van der Waals surface area contributed by atoms with E-state index in [0.29, 0.717) is 22.8 Å². The number of hydrogen-bond acceptors (Lipinski definition) is 3. The molecule has 0 aliphatic rings. The fourth-order valence-electron chi connectivity index (χ4n) is 2.15. The molecule has 1 unspecified atom stereocenters. The molecule has 1 heterocycles. The van der Waals surface area contributed by atoms with Crippen LogP contribution in [-0.2, 0) is 6.54 Å². The lowest BCUT2D eigenvalue weighted by atomic mass is 10.0. The smallest absolute Gasteiger partial charge is 0.132 e. The number of aromatic nitrogens is 2. The van der Waals surface area contributed by atoms with Gasteiger partial charge in [0.25, 0.3) is 0 Å². The van der Waals surface area contributed by atoms with Gasteiger partial charge >= 0.3 is 0 Å². The van der Waals surface area contributed by atoms with Gasteiger partial charge in [0.05, 0.1) is 23.5 Å². The van der Waals surface area contributed by atoms with E-state index in [1.54, 1.807) is 29.8 Å². The molecule has 1 atom stereocenters. The van der Waals surface area contributed by atoms with Crippen molar-refractivity contribution in [3.63, 3.8) is 0 Å². The van der Waals surface area contributed by atoms with Crippen LogP contribution >= 0.6 is 11.6 Å². The summed E-state index contributed by atoms with van der Waals surface area (Å²) in [7, 11) is 3.89. The minimum atomic E-state index is -1.14. The lowest BCUT2D eigenvalue weighted by Crippen LogP contribution is -2.21. The van der Waals surface area contributed by atoms with Gasteiger partial charge in [-0.2, -0.15) is 5.10 Å². The van der Waals surface area contributed by atoms with E-state index in [2.05, 4.69) is 5.10 Å². The third-order valence-electron chi connectivity index (χ3n) is 3.37. The highest BCUT2D eigenvalue weighted by molar-refractivity contribution is 6.31. The highest BCUT2D eigenvalue weighted by Gasteiger charge is 2.23. The summed E-state index contributed by atoms with van der Waals surface area (Å²) < 4.78 is 15.8. The van der Waals surface area contributed by atoms with E-state index in [-0.39, 0.29) is 5.56 Å². The van der Waals surface area contributed by atoms with Crippen molar-refractivity contribution < 1.29 is 9.50 Å². The second-order valence-electron chi connectivity index (χ2n) is 5.28. The minimum Gasteiger partial charge on any atom is -0.382 e. The monoisotopic (exact) mass is 311 g/mol. The highest BCUT2D eigenvalue weighted by Crippen LogP contribution is 2.30. The molecule has 1 N–H and O–H groups in total. The van der Waals surface area contributed by atoms with E-state index >= 15 is 0 Å². The number of benzene rings is 1. The van der Waals surface area contributed by atoms with Crippen molar-refractivity contribution in [2.45, 2.75) is 19.6 Å². The molecule has 0 fully saturated rings. The van der Waals surface area contributed by atoms with E-state index < -0.39 is 11.9 Å². The summed E-state index contributed by atoms with van der Waals surface area (Å²) in [6.45, 7) is 2.98. The van der Waals surface area contributed by atoms with Crippen LogP contribution in [0.3, 0.4) is 0 Å². The normalized spacial score (nSPS) is 12.9. The SMILES string of the molecule is Cc1cccc(C(O)c2c(Cl)cnn2CCN(C)C)c1F. The number of aliphatic hydroxyl groups excluding tert-OH is 1. The summed E-state index contributed by atoms with van der Waals surface area (Å²) in [6, 6.07) is 4.94. The minimum absolute atomic E-state index is 0.212. The van der Waals surface area contributed by atoms with Crippen molar-refractivity contribution in [1.29, 1.82) is 0 Å². The Morgan fingerprint density at radius 3 is 2.81 bits per heavy atom. The third kappa shape index (κ3) is 3.43. The Morgan fingerprint density at radius 1 is 1.43 bits per heavy atom. The predicted octanol–water partition coefficient (Wildman–Crippen LogP) is 2.63. The number of halogens is 2. The fraction of sp³-hybridized carbons (Fsp3) is 0.400. The molecular formula is C15H19ClFN3O. The number of rotatable bonds is 5. The highest BCUT2D eigenvalue weighted by atomic mass is 35.5. The zero-order valence-electron chi connectivity index (χ0n) is 12.3. The van der Waals surface area contributed by atoms with Crippen LogP contribution in [0.5, 0.6) is 0 Å². The quantitative estimate of drug-likeness (QED) is 0.923. The molecule has 0 bridgehead atoms. The number of aryl methyl sites for hydroxylation is 1.